The number of ether oxygens (including phenoxy) is 2. The number of carboxylic acids is 1. The van der Waals surface area contributed by atoms with Gasteiger partial charge in [-0.3, -0.25) is 14.8 Å². The van der Waals surface area contributed by atoms with Crippen molar-refractivity contribution >= 4 is 33.7 Å². The van der Waals surface area contributed by atoms with Crippen molar-refractivity contribution in [3.05, 3.63) is 180 Å². The number of carbonyl (C=O) groups excluding carboxylic acids is 2. The Hall–Kier alpha value is -6.46. The van der Waals surface area contributed by atoms with Gasteiger partial charge in [-0.15, -0.1) is 0 Å². The molecule has 64 heavy (non-hydrogen) atoms. The number of carbonyl (C=O) groups is 2. The summed E-state index contributed by atoms with van der Waals surface area (Å²) in [5.74, 6) is -1.27. The Bertz CT molecular complexity index is 2740. The van der Waals surface area contributed by atoms with Crippen LogP contribution in [0.5, 0.6) is 0 Å². The molecule has 8 aromatic rings. The first-order valence-corrected chi connectivity index (χ1v) is 21.2. The van der Waals surface area contributed by atoms with Crippen LogP contribution < -0.4 is 35.0 Å². The average molecular weight is 849 g/mol. The number of rotatable bonds is 9. The number of hydrogen-bond acceptors (Lipinski definition) is 10. The van der Waals surface area contributed by atoms with E-state index in [1.807, 2.05) is 83.8 Å². The fraction of sp³-hybridized carbons (Fsp3) is 0.240. The summed E-state index contributed by atoms with van der Waals surface area (Å²) in [6.45, 7) is 3.11. The van der Waals surface area contributed by atoms with Gasteiger partial charge in [-0.2, -0.15) is 10.2 Å². The van der Waals surface area contributed by atoms with Crippen LogP contribution in [0.15, 0.2) is 146 Å². The number of aromatic carboxylic acids is 1. The molecular formula is C50H49LiN8O5. The summed E-state index contributed by atoms with van der Waals surface area (Å²) in [6, 6.07) is 36.0. The van der Waals surface area contributed by atoms with Gasteiger partial charge in [0, 0.05) is 92.0 Å². The van der Waals surface area contributed by atoms with Crippen LogP contribution in [0, 0.1) is 0 Å². The minimum atomic E-state index is -1.21. The molecule has 2 aliphatic heterocycles. The van der Waals surface area contributed by atoms with Crippen molar-refractivity contribution in [3.63, 3.8) is 0 Å². The quantitative estimate of drug-likeness (QED) is 0.205. The number of nitrogens with two attached hydrogens (primary N) is 1. The van der Waals surface area contributed by atoms with Crippen LogP contribution in [0.25, 0.3) is 33.2 Å². The first-order valence-electron chi connectivity index (χ1n) is 21.2. The molecule has 0 spiro atoms. The number of hydrogen-bond donors (Lipinski definition) is 2. The zero-order valence-electron chi connectivity index (χ0n) is 35.9. The van der Waals surface area contributed by atoms with E-state index in [-0.39, 0.29) is 36.4 Å². The maximum Gasteiger partial charge on any atom is 1.00 e. The number of fused-ring (bicyclic) bond motifs is 2. The number of amides is 1. The van der Waals surface area contributed by atoms with Gasteiger partial charge in [0.25, 0.3) is 5.91 Å². The van der Waals surface area contributed by atoms with Gasteiger partial charge >= 0.3 is 18.9 Å². The molecule has 0 radical (unpaired) electrons. The largest absolute Gasteiger partial charge is 1.00 e. The van der Waals surface area contributed by atoms with Crippen molar-refractivity contribution in [3.8, 4) is 11.4 Å². The Balaban J connectivity index is 0.000000166. The van der Waals surface area contributed by atoms with E-state index in [9.17, 15) is 14.7 Å². The van der Waals surface area contributed by atoms with Crippen LogP contribution in [0.3, 0.4) is 0 Å². The molecule has 1 amide bonds. The molecule has 13 nitrogen and oxygen atoms in total. The maximum absolute atomic E-state index is 13.1. The van der Waals surface area contributed by atoms with E-state index in [0.717, 1.165) is 89.7 Å². The van der Waals surface area contributed by atoms with E-state index in [1.165, 1.54) is 5.56 Å². The summed E-state index contributed by atoms with van der Waals surface area (Å²) in [6.07, 6.45) is 15.8. The fourth-order valence-corrected chi connectivity index (χ4v) is 7.71. The zero-order valence-corrected chi connectivity index (χ0v) is 35.9. The van der Waals surface area contributed by atoms with E-state index in [1.54, 1.807) is 41.6 Å². The zero-order chi connectivity index (χ0) is 43.4. The van der Waals surface area contributed by atoms with Gasteiger partial charge in [0.05, 0.1) is 33.9 Å². The molecule has 2 aliphatic rings. The minimum Gasteiger partial charge on any atom is -0.545 e. The average Bonchev–Trinajstić information content (AvgIpc) is 4.07. The summed E-state index contributed by atoms with van der Waals surface area (Å²) < 4.78 is 14.1. The number of nitrogens with one attached hydrogen (secondary N) is 1. The van der Waals surface area contributed by atoms with Crippen molar-refractivity contribution in [2.45, 2.75) is 50.6 Å². The van der Waals surface area contributed by atoms with Crippen LogP contribution >= 0.6 is 0 Å². The van der Waals surface area contributed by atoms with E-state index in [2.05, 4.69) is 55.8 Å². The van der Waals surface area contributed by atoms with Crippen molar-refractivity contribution in [1.29, 1.82) is 0 Å². The van der Waals surface area contributed by atoms with Crippen molar-refractivity contribution in [2.24, 2.45) is 5.73 Å². The normalized spacial score (nSPS) is 14.1. The van der Waals surface area contributed by atoms with Gasteiger partial charge in [0.15, 0.2) is 0 Å². The molecule has 0 bridgehead atoms. The van der Waals surface area contributed by atoms with Crippen molar-refractivity contribution in [2.75, 3.05) is 26.4 Å². The third kappa shape index (κ3) is 12.0. The number of aromatic nitrogens is 6. The SMILES string of the molecule is NC1CCOCC1.O=C(NC1CCOCC1)c1cc(Cc2ccc(-n3cccn3)cc2)cc2cccnc12.O=C([O-])c1cc(Cc2ccc(-n3cccn3)cc2)cc2cccnc12.[Li+]. The van der Waals surface area contributed by atoms with E-state index in [4.69, 9.17) is 15.2 Å². The van der Waals surface area contributed by atoms with Gasteiger partial charge in [0.2, 0.25) is 0 Å². The second kappa shape index (κ2) is 22.2. The van der Waals surface area contributed by atoms with Crippen LogP contribution in [0.4, 0.5) is 0 Å². The fourth-order valence-electron chi connectivity index (χ4n) is 7.71. The second-order valence-corrected chi connectivity index (χ2v) is 15.6. The van der Waals surface area contributed by atoms with Gasteiger partial charge in [-0.1, -0.05) is 36.4 Å². The molecule has 3 N–H and O–H groups in total. The molecule has 0 unspecified atom stereocenters. The minimum absolute atomic E-state index is 0. The van der Waals surface area contributed by atoms with Crippen LogP contribution in [0.2, 0.25) is 0 Å². The molecule has 6 heterocycles. The molecule has 10 rings (SSSR count). The number of benzene rings is 4. The Kier molecular flexibility index (Phi) is 15.8. The molecule has 320 valence electrons. The monoisotopic (exact) mass is 848 g/mol. The smallest absolute Gasteiger partial charge is 0.545 e. The summed E-state index contributed by atoms with van der Waals surface area (Å²) in [5.41, 5.74) is 13.8. The van der Waals surface area contributed by atoms with Gasteiger partial charge in [0.1, 0.15) is 0 Å². The summed E-state index contributed by atoms with van der Waals surface area (Å²) >= 11 is 0. The molecule has 4 aromatic heterocycles. The van der Waals surface area contributed by atoms with E-state index < -0.39 is 5.97 Å². The Morgan fingerprint density at radius 1 is 0.609 bits per heavy atom. The first-order chi connectivity index (χ1) is 30.9. The third-order valence-corrected chi connectivity index (χ3v) is 11.0. The molecule has 0 saturated carbocycles. The Morgan fingerprint density at radius 3 is 1.52 bits per heavy atom. The Labute approximate surface area is 383 Å². The van der Waals surface area contributed by atoms with Crippen molar-refractivity contribution in [1.82, 2.24) is 34.8 Å². The predicted octanol–water partition coefficient (Wildman–Crippen LogP) is 3.42. The second-order valence-electron chi connectivity index (χ2n) is 15.6. The van der Waals surface area contributed by atoms with E-state index >= 15 is 0 Å². The van der Waals surface area contributed by atoms with Gasteiger partial charge in [-0.05, 0) is 134 Å². The topological polar surface area (TPSA) is 175 Å². The number of nitrogens with zero attached hydrogens (tertiary/aromatic N) is 6. The van der Waals surface area contributed by atoms with Crippen LogP contribution in [-0.2, 0) is 22.3 Å². The van der Waals surface area contributed by atoms with Crippen LogP contribution in [0.1, 0.15) is 68.7 Å². The molecule has 4 aromatic carbocycles. The molecule has 2 saturated heterocycles. The number of carboxylic acid groups (broad SMARTS) is 1. The van der Waals surface area contributed by atoms with Crippen LogP contribution in [-0.4, -0.2) is 79.9 Å². The molecular weight excluding hydrogens is 800 g/mol. The van der Waals surface area contributed by atoms with Crippen molar-refractivity contribution < 1.29 is 43.0 Å². The number of pyridine rings is 2. The first kappa shape index (κ1) is 45.6. The molecule has 0 aliphatic carbocycles. The summed E-state index contributed by atoms with van der Waals surface area (Å²) in [7, 11) is 0. The molecule has 2 fully saturated rings. The standard InChI is InChI=1S/C25H24N4O2.C20H15N3O2.C5H11NO.Li/c30-25(28-21-8-13-31-14-9-21)23-17-19(16-20-3-1-10-26-24(20)23)15-18-4-6-22(7-5-18)29-12-2-11-27-29;24-20(25)18-13-15(12-16-3-1-8-21-19(16)18)11-14-4-6-17(7-5-14)23-10-2-9-22-23;6-5-1-3-7-4-2-5;/h1-7,10-12,16-17,21H,8-9,13-15H2,(H,28,30);1-10,12-13H,11H2,(H,24,25);5H,1-4,6H2;/q;;;+1/p-1. The van der Waals surface area contributed by atoms with Gasteiger partial charge in [-0.25, -0.2) is 9.36 Å². The predicted molar refractivity (Wildman–Crippen MR) is 240 cm³/mol. The van der Waals surface area contributed by atoms with E-state index in [0.29, 0.717) is 36.8 Å². The Morgan fingerprint density at radius 2 is 1.08 bits per heavy atom. The summed E-state index contributed by atoms with van der Waals surface area (Å²) in [4.78, 5) is 33.2. The third-order valence-electron chi connectivity index (χ3n) is 11.0. The molecule has 0 atom stereocenters. The van der Waals surface area contributed by atoms with Gasteiger partial charge < -0.3 is 30.4 Å². The summed E-state index contributed by atoms with van der Waals surface area (Å²) in [5, 5.41) is 24.9. The molecule has 14 heteroatoms. The maximum atomic E-state index is 13.1.